The first-order chi connectivity index (χ1) is 9.56. The largest absolute Gasteiger partial charge is 0.493 e. The van der Waals surface area contributed by atoms with Crippen molar-refractivity contribution in [1.29, 1.82) is 0 Å². The maximum atomic E-state index is 13.3. The van der Waals surface area contributed by atoms with Crippen LogP contribution in [0.25, 0.3) is 0 Å². The zero-order chi connectivity index (χ0) is 14.3. The average molecular weight is 401 g/mol. The van der Waals surface area contributed by atoms with Crippen molar-refractivity contribution in [1.82, 2.24) is 0 Å². The molecule has 1 aliphatic heterocycles. The van der Waals surface area contributed by atoms with Crippen molar-refractivity contribution in [3.05, 3.63) is 61.8 Å². The first-order valence-electron chi connectivity index (χ1n) is 6.22. The predicted molar refractivity (Wildman–Crippen MR) is 83.5 cm³/mol. The standard InChI is InChI=1S/C15H12Br2FNO/c16-10-5-9-3-4-20-15(9)11(7-10)14(19)8-1-2-13(18)12(17)6-8/h1-2,5-7,14H,3-4,19H2. The van der Waals surface area contributed by atoms with Crippen molar-refractivity contribution in [3.63, 3.8) is 0 Å². The third-order valence-electron chi connectivity index (χ3n) is 3.41. The molecule has 0 aromatic heterocycles. The average Bonchev–Trinajstić information content (AvgIpc) is 2.88. The van der Waals surface area contributed by atoms with Gasteiger partial charge in [-0.3, -0.25) is 0 Å². The smallest absolute Gasteiger partial charge is 0.137 e. The Morgan fingerprint density at radius 2 is 2.00 bits per heavy atom. The Morgan fingerprint density at radius 1 is 1.20 bits per heavy atom. The molecule has 1 atom stereocenters. The lowest BCUT2D eigenvalue weighted by Crippen LogP contribution is -2.13. The number of nitrogens with two attached hydrogens (primary N) is 1. The molecule has 2 aromatic carbocycles. The van der Waals surface area contributed by atoms with E-state index < -0.39 is 0 Å². The highest BCUT2D eigenvalue weighted by molar-refractivity contribution is 9.10. The Labute approximate surface area is 133 Å². The lowest BCUT2D eigenvalue weighted by Gasteiger charge is -2.17. The van der Waals surface area contributed by atoms with Crippen LogP contribution in [0.2, 0.25) is 0 Å². The number of hydrogen-bond acceptors (Lipinski definition) is 2. The molecule has 0 aliphatic carbocycles. The second-order valence-corrected chi connectivity index (χ2v) is 6.50. The van der Waals surface area contributed by atoms with Crippen LogP contribution in [-0.4, -0.2) is 6.61 Å². The summed E-state index contributed by atoms with van der Waals surface area (Å²) in [5.74, 6) is 0.567. The molecule has 2 N–H and O–H groups in total. The van der Waals surface area contributed by atoms with Gasteiger partial charge in [0, 0.05) is 16.5 Å². The molecular weight excluding hydrogens is 389 g/mol. The van der Waals surface area contributed by atoms with Crippen LogP contribution in [-0.2, 0) is 6.42 Å². The van der Waals surface area contributed by atoms with Crippen LogP contribution in [0, 0.1) is 5.82 Å². The van der Waals surface area contributed by atoms with Gasteiger partial charge in [-0.15, -0.1) is 0 Å². The highest BCUT2D eigenvalue weighted by Crippen LogP contribution is 2.38. The predicted octanol–water partition coefficient (Wildman–Crippen LogP) is 4.33. The van der Waals surface area contributed by atoms with Crippen molar-refractivity contribution in [2.45, 2.75) is 12.5 Å². The fraction of sp³-hybridized carbons (Fsp3) is 0.200. The summed E-state index contributed by atoms with van der Waals surface area (Å²) in [6.45, 7) is 0.679. The van der Waals surface area contributed by atoms with Gasteiger partial charge in [-0.25, -0.2) is 4.39 Å². The summed E-state index contributed by atoms with van der Waals surface area (Å²) in [5, 5.41) is 0. The molecule has 0 saturated heterocycles. The van der Waals surface area contributed by atoms with E-state index in [4.69, 9.17) is 10.5 Å². The van der Waals surface area contributed by atoms with Crippen LogP contribution in [0.15, 0.2) is 39.3 Å². The van der Waals surface area contributed by atoms with Gasteiger partial charge in [0.25, 0.3) is 0 Å². The van der Waals surface area contributed by atoms with Crippen molar-refractivity contribution in [2.24, 2.45) is 5.73 Å². The van der Waals surface area contributed by atoms with E-state index >= 15 is 0 Å². The molecule has 20 heavy (non-hydrogen) atoms. The van der Waals surface area contributed by atoms with Crippen molar-refractivity contribution in [2.75, 3.05) is 6.61 Å². The molecule has 0 saturated carbocycles. The Hall–Kier alpha value is -0.910. The zero-order valence-corrected chi connectivity index (χ0v) is 13.7. The molecule has 5 heteroatoms. The molecule has 0 bridgehead atoms. The second-order valence-electron chi connectivity index (χ2n) is 4.73. The van der Waals surface area contributed by atoms with Gasteiger partial charge in [0.05, 0.1) is 17.1 Å². The van der Waals surface area contributed by atoms with E-state index in [-0.39, 0.29) is 11.9 Å². The quantitative estimate of drug-likeness (QED) is 0.813. The van der Waals surface area contributed by atoms with E-state index in [0.29, 0.717) is 11.1 Å². The van der Waals surface area contributed by atoms with Crippen LogP contribution in [0.5, 0.6) is 5.75 Å². The van der Waals surface area contributed by atoms with Crippen molar-refractivity contribution >= 4 is 31.9 Å². The summed E-state index contributed by atoms with van der Waals surface area (Å²) < 4.78 is 20.4. The number of ether oxygens (including phenoxy) is 1. The molecule has 0 spiro atoms. The van der Waals surface area contributed by atoms with E-state index in [1.54, 1.807) is 12.1 Å². The molecule has 2 aromatic rings. The topological polar surface area (TPSA) is 35.2 Å². The minimum Gasteiger partial charge on any atom is -0.493 e. The maximum Gasteiger partial charge on any atom is 0.137 e. The van der Waals surface area contributed by atoms with E-state index in [2.05, 4.69) is 37.9 Å². The monoisotopic (exact) mass is 399 g/mol. The van der Waals surface area contributed by atoms with Crippen LogP contribution in [0.4, 0.5) is 4.39 Å². The minimum absolute atomic E-state index is 0.295. The molecule has 1 unspecified atom stereocenters. The number of rotatable bonds is 2. The molecule has 0 fully saturated rings. The van der Waals surface area contributed by atoms with Gasteiger partial charge in [0.2, 0.25) is 0 Å². The zero-order valence-electron chi connectivity index (χ0n) is 10.5. The summed E-state index contributed by atoms with van der Waals surface area (Å²) in [4.78, 5) is 0. The van der Waals surface area contributed by atoms with Gasteiger partial charge in [-0.05, 0) is 51.3 Å². The summed E-state index contributed by atoms with van der Waals surface area (Å²) in [7, 11) is 0. The first kappa shape index (κ1) is 14.0. The fourth-order valence-electron chi connectivity index (χ4n) is 2.41. The number of halogens is 3. The number of benzene rings is 2. The Morgan fingerprint density at radius 3 is 2.75 bits per heavy atom. The molecule has 1 heterocycles. The summed E-state index contributed by atoms with van der Waals surface area (Å²) >= 11 is 6.70. The van der Waals surface area contributed by atoms with Gasteiger partial charge in [-0.1, -0.05) is 22.0 Å². The van der Waals surface area contributed by atoms with Crippen molar-refractivity contribution < 1.29 is 9.13 Å². The lowest BCUT2D eigenvalue weighted by molar-refractivity contribution is 0.352. The molecule has 0 amide bonds. The van der Waals surface area contributed by atoms with E-state index in [9.17, 15) is 4.39 Å². The Balaban J connectivity index is 2.06. The SMILES string of the molecule is NC(c1ccc(F)c(Br)c1)c1cc(Br)cc2c1OCC2. The summed E-state index contributed by atoms with van der Waals surface area (Å²) in [6, 6.07) is 8.50. The van der Waals surface area contributed by atoms with E-state index in [1.165, 1.54) is 6.07 Å². The normalized spacial score (nSPS) is 14.8. The van der Waals surface area contributed by atoms with Gasteiger partial charge in [0.1, 0.15) is 11.6 Å². The molecule has 1 aliphatic rings. The third-order valence-corrected chi connectivity index (χ3v) is 4.48. The molecule has 104 valence electrons. The highest BCUT2D eigenvalue weighted by atomic mass is 79.9. The molecule has 2 nitrogen and oxygen atoms in total. The van der Waals surface area contributed by atoms with Crippen molar-refractivity contribution in [3.8, 4) is 5.75 Å². The molecule has 0 radical (unpaired) electrons. The lowest BCUT2D eigenvalue weighted by atomic mass is 9.96. The van der Waals surface area contributed by atoms with Crippen LogP contribution >= 0.6 is 31.9 Å². The van der Waals surface area contributed by atoms with Crippen LogP contribution in [0.1, 0.15) is 22.7 Å². The minimum atomic E-state index is -0.351. The van der Waals surface area contributed by atoms with Gasteiger partial charge < -0.3 is 10.5 Å². The number of fused-ring (bicyclic) bond motifs is 1. The first-order valence-corrected chi connectivity index (χ1v) is 7.80. The molecular formula is C15H12Br2FNO. The Bertz CT molecular complexity index is 675. The summed E-state index contributed by atoms with van der Waals surface area (Å²) in [6.07, 6.45) is 0.890. The third kappa shape index (κ3) is 2.50. The van der Waals surface area contributed by atoms with Crippen LogP contribution in [0.3, 0.4) is 0 Å². The molecule has 3 rings (SSSR count). The Kier molecular flexibility index (Phi) is 3.84. The van der Waals surface area contributed by atoms with E-state index in [1.807, 2.05) is 6.07 Å². The number of hydrogen-bond donors (Lipinski definition) is 1. The van der Waals surface area contributed by atoms with Gasteiger partial charge >= 0.3 is 0 Å². The van der Waals surface area contributed by atoms with E-state index in [0.717, 1.165) is 33.3 Å². The van der Waals surface area contributed by atoms with Gasteiger partial charge in [-0.2, -0.15) is 0 Å². The fourth-order valence-corrected chi connectivity index (χ4v) is 3.33. The van der Waals surface area contributed by atoms with Gasteiger partial charge in [0.15, 0.2) is 0 Å². The highest BCUT2D eigenvalue weighted by Gasteiger charge is 2.22. The second kappa shape index (κ2) is 5.47. The maximum absolute atomic E-state index is 13.3. The summed E-state index contributed by atoms with van der Waals surface area (Å²) in [5.41, 5.74) is 9.25. The van der Waals surface area contributed by atoms with Crippen LogP contribution < -0.4 is 10.5 Å².